The monoisotopic (exact) mass is 344 g/mol. The lowest BCUT2D eigenvalue weighted by Gasteiger charge is -2.10. The van der Waals surface area contributed by atoms with E-state index in [9.17, 15) is 8.42 Å². The lowest BCUT2D eigenvalue weighted by atomic mass is 10.2. The van der Waals surface area contributed by atoms with Gasteiger partial charge in [0.15, 0.2) is 5.65 Å². The summed E-state index contributed by atoms with van der Waals surface area (Å²) in [5, 5.41) is 4.24. The van der Waals surface area contributed by atoms with Gasteiger partial charge in [-0.15, -0.1) is 0 Å². The Hall–Kier alpha value is -2.87. The average Bonchev–Trinajstić information content (AvgIpc) is 2.60. The maximum Gasteiger partial charge on any atom is 0.222 e. The Morgan fingerprint density at radius 2 is 1.88 bits per heavy atom. The number of pyridine rings is 2. The van der Waals surface area contributed by atoms with Crippen molar-refractivity contribution in [3.05, 3.63) is 54.2 Å². The molecule has 0 aliphatic heterocycles. The van der Waals surface area contributed by atoms with Crippen molar-refractivity contribution in [2.45, 2.75) is 6.54 Å². The fourth-order valence-corrected chi connectivity index (χ4v) is 2.64. The van der Waals surface area contributed by atoms with Crippen LogP contribution in [0.1, 0.15) is 5.56 Å². The first kappa shape index (κ1) is 16.0. The van der Waals surface area contributed by atoms with Gasteiger partial charge in [0.25, 0.3) is 0 Å². The van der Waals surface area contributed by atoms with E-state index in [0.29, 0.717) is 23.8 Å². The van der Waals surface area contributed by atoms with Gasteiger partial charge in [0.2, 0.25) is 16.8 Å². The molecule has 7 nitrogen and oxygen atoms in total. The second-order valence-electron chi connectivity index (χ2n) is 5.00. The zero-order chi connectivity index (χ0) is 16.9. The molecule has 0 saturated heterocycles. The van der Waals surface area contributed by atoms with Gasteiger partial charge in [-0.1, -0.05) is 12.1 Å². The molecule has 0 atom stereocenters. The summed E-state index contributed by atoms with van der Waals surface area (Å²) < 4.78 is 28.7. The van der Waals surface area contributed by atoms with E-state index in [1.54, 1.807) is 31.5 Å². The molecule has 8 heteroatoms. The Labute approximate surface area is 140 Å². The van der Waals surface area contributed by atoms with Crippen LogP contribution in [0.2, 0.25) is 0 Å². The molecular formula is C16H16N4O3S. The summed E-state index contributed by atoms with van der Waals surface area (Å²) in [7, 11) is -1.08. The van der Waals surface area contributed by atoms with Gasteiger partial charge in [-0.25, -0.2) is 13.4 Å². The molecule has 0 fully saturated rings. The van der Waals surface area contributed by atoms with Gasteiger partial charge in [-0.3, -0.25) is 4.72 Å². The lowest BCUT2D eigenvalue weighted by Crippen LogP contribution is -2.01. The van der Waals surface area contributed by atoms with Crippen molar-refractivity contribution < 1.29 is 13.2 Å². The quantitative estimate of drug-likeness (QED) is 0.594. The molecule has 0 bridgehead atoms. The number of rotatable bonds is 6. The topological polar surface area (TPSA) is 93.2 Å². The van der Waals surface area contributed by atoms with E-state index in [0.717, 1.165) is 16.6 Å². The Morgan fingerprint density at radius 3 is 2.58 bits per heavy atom. The number of aromatic nitrogens is 2. The summed E-state index contributed by atoms with van der Waals surface area (Å²) in [4.78, 5) is 8.56. The molecule has 0 aliphatic carbocycles. The minimum absolute atomic E-state index is 0.520. The van der Waals surface area contributed by atoms with Gasteiger partial charge < -0.3 is 10.1 Å². The number of ether oxygens (including phenoxy) is 1. The van der Waals surface area contributed by atoms with Gasteiger partial charge in [0.05, 0.1) is 7.11 Å². The summed E-state index contributed by atoms with van der Waals surface area (Å²) in [5.41, 5.74) is 3.09. The standard InChI is InChI=1S/C16H16N4O3S/c1-23-15-7-6-13-14(8-9-17-16(13)19-15)18-10-11-2-4-12(5-3-11)20-24(21)22/h2-9,24H,10H2,1H3,(H,17,18,19)(H,20,21,22). The second-order valence-corrected chi connectivity index (χ2v) is 5.74. The van der Waals surface area contributed by atoms with E-state index >= 15 is 0 Å². The summed E-state index contributed by atoms with van der Waals surface area (Å²) >= 11 is 0. The zero-order valence-corrected chi connectivity index (χ0v) is 13.8. The summed E-state index contributed by atoms with van der Waals surface area (Å²) in [6.45, 7) is 0.592. The van der Waals surface area contributed by atoms with Gasteiger partial charge in [0.1, 0.15) is 0 Å². The molecule has 1 aromatic carbocycles. The molecule has 24 heavy (non-hydrogen) atoms. The van der Waals surface area contributed by atoms with Crippen molar-refractivity contribution in [3.63, 3.8) is 0 Å². The molecule has 2 heterocycles. The minimum Gasteiger partial charge on any atom is -0.481 e. The predicted molar refractivity (Wildman–Crippen MR) is 93.8 cm³/mol. The Morgan fingerprint density at radius 1 is 1.08 bits per heavy atom. The van der Waals surface area contributed by atoms with Crippen LogP contribution in [0.25, 0.3) is 11.0 Å². The fourth-order valence-electron chi connectivity index (χ4n) is 2.28. The van der Waals surface area contributed by atoms with Crippen LogP contribution in [-0.4, -0.2) is 25.5 Å². The van der Waals surface area contributed by atoms with Crippen LogP contribution in [0.4, 0.5) is 11.4 Å². The fraction of sp³-hybridized carbons (Fsp3) is 0.125. The smallest absolute Gasteiger partial charge is 0.222 e. The summed E-state index contributed by atoms with van der Waals surface area (Å²) in [5.74, 6) is 0.520. The molecule has 124 valence electrons. The van der Waals surface area contributed by atoms with Crippen molar-refractivity contribution in [2.24, 2.45) is 0 Å². The first-order valence-corrected chi connectivity index (χ1v) is 8.37. The van der Waals surface area contributed by atoms with Crippen LogP contribution in [0.3, 0.4) is 0 Å². The van der Waals surface area contributed by atoms with Crippen LogP contribution < -0.4 is 14.8 Å². The molecule has 2 N–H and O–H groups in total. The van der Waals surface area contributed by atoms with Crippen LogP contribution in [0, 0.1) is 0 Å². The first-order chi connectivity index (χ1) is 11.7. The van der Waals surface area contributed by atoms with E-state index < -0.39 is 10.9 Å². The number of nitrogens with one attached hydrogen (secondary N) is 2. The van der Waals surface area contributed by atoms with Gasteiger partial charge >= 0.3 is 0 Å². The summed E-state index contributed by atoms with van der Waals surface area (Å²) in [6, 6.07) is 12.7. The van der Waals surface area contributed by atoms with Crippen molar-refractivity contribution in [3.8, 4) is 5.88 Å². The molecule has 0 amide bonds. The van der Waals surface area contributed by atoms with Crippen LogP contribution in [0.15, 0.2) is 48.7 Å². The largest absolute Gasteiger partial charge is 0.481 e. The normalized spacial score (nSPS) is 10.8. The molecule has 3 rings (SSSR count). The third-order valence-corrected chi connectivity index (χ3v) is 3.88. The highest BCUT2D eigenvalue weighted by Gasteiger charge is 2.05. The molecule has 3 aromatic rings. The molecular weight excluding hydrogens is 328 g/mol. The predicted octanol–water partition coefficient (Wildman–Crippen LogP) is 2.19. The number of thiol groups is 1. The van der Waals surface area contributed by atoms with Gasteiger partial charge in [-0.2, -0.15) is 4.98 Å². The maximum absolute atomic E-state index is 10.6. The number of hydrogen-bond acceptors (Lipinski definition) is 6. The minimum atomic E-state index is -2.64. The Bertz CT molecular complexity index is 918. The van der Waals surface area contributed by atoms with Crippen molar-refractivity contribution >= 4 is 33.3 Å². The number of hydrogen-bond donors (Lipinski definition) is 3. The molecule has 0 radical (unpaired) electrons. The number of fused-ring (bicyclic) bond motifs is 1. The average molecular weight is 344 g/mol. The van der Waals surface area contributed by atoms with Crippen LogP contribution in [0.5, 0.6) is 5.88 Å². The van der Waals surface area contributed by atoms with Crippen LogP contribution in [-0.2, 0) is 17.4 Å². The number of anilines is 2. The summed E-state index contributed by atoms with van der Waals surface area (Å²) in [6.07, 6.45) is 1.69. The first-order valence-electron chi connectivity index (χ1n) is 7.19. The van der Waals surface area contributed by atoms with E-state index in [-0.39, 0.29) is 0 Å². The van der Waals surface area contributed by atoms with Crippen molar-refractivity contribution in [1.82, 2.24) is 9.97 Å². The van der Waals surface area contributed by atoms with Gasteiger partial charge in [0, 0.05) is 35.6 Å². The lowest BCUT2D eigenvalue weighted by molar-refractivity contribution is 0.399. The maximum atomic E-state index is 10.6. The third kappa shape index (κ3) is 3.72. The van der Waals surface area contributed by atoms with Gasteiger partial charge in [-0.05, 0) is 29.8 Å². The van der Waals surface area contributed by atoms with E-state index in [4.69, 9.17) is 4.74 Å². The molecule has 0 aliphatic rings. The Kier molecular flexibility index (Phi) is 4.76. The van der Waals surface area contributed by atoms with E-state index in [1.165, 1.54) is 0 Å². The molecule has 2 aromatic heterocycles. The number of methoxy groups -OCH3 is 1. The highest BCUT2D eigenvalue weighted by Crippen LogP contribution is 2.23. The van der Waals surface area contributed by atoms with E-state index in [2.05, 4.69) is 20.0 Å². The highest BCUT2D eigenvalue weighted by molar-refractivity contribution is 7.73. The SMILES string of the molecule is COc1ccc2c(NCc3ccc(N[SH](=O)=O)cc3)ccnc2n1. The van der Waals surface area contributed by atoms with Crippen molar-refractivity contribution in [2.75, 3.05) is 17.1 Å². The number of benzene rings is 1. The molecule has 0 unspecified atom stereocenters. The zero-order valence-electron chi connectivity index (χ0n) is 12.9. The molecule has 0 spiro atoms. The third-order valence-electron chi connectivity index (χ3n) is 3.44. The highest BCUT2D eigenvalue weighted by atomic mass is 32.2. The Balaban J connectivity index is 1.75. The van der Waals surface area contributed by atoms with Crippen molar-refractivity contribution in [1.29, 1.82) is 0 Å². The molecule has 0 saturated carbocycles. The van der Waals surface area contributed by atoms with Crippen LogP contribution >= 0.6 is 0 Å². The second kappa shape index (κ2) is 7.14. The number of nitrogens with zero attached hydrogens (tertiary/aromatic N) is 2. The van der Waals surface area contributed by atoms with E-state index in [1.807, 2.05) is 24.3 Å².